The molecule has 1 heterocycles. The molecule has 246 valence electrons. The lowest BCUT2D eigenvalue weighted by molar-refractivity contribution is -0.144. The molecule has 0 fully saturated rings. The number of pyridine rings is 1. The number of hydrogen-bond acceptors (Lipinski definition) is 8. The highest BCUT2D eigenvalue weighted by Gasteiger charge is 2.11. The molecule has 1 aromatic rings. The molecule has 9 heteroatoms. The van der Waals surface area contributed by atoms with Crippen LogP contribution in [0.25, 0.3) is 0 Å². The van der Waals surface area contributed by atoms with Crippen LogP contribution in [-0.4, -0.2) is 74.2 Å². The maximum Gasteiger partial charge on any atom is 0.338 e. The van der Waals surface area contributed by atoms with Gasteiger partial charge in [0.2, 0.25) is 5.91 Å². The summed E-state index contributed by atoms with van der Waals surface area (Å²) in [6.45, 7) is 6.10. The number of hydrogen-bond donors (Lipinski definition) is 2. The molecule has 1 unspecified atom stereocenters. The molecule has 0 saturated carbocycles. The van der Waals surface area contributed by atoms with E-state index in [0.29, 0.717) is 30.6 Å². The largest absolute Gasteiger partial charge is 0.466 e. The van der Waals surface area contributed by atoms with Crippen molar-refractivity contribution >= 4 is 17.8 Å². The van der Waals surface area contributed by atoms with E-state index >= 15 is 0 Å². The topological polar surface area (TPSA) is 110 Å². The SMILES string of the molecule is CCCCCCCCCCCCCCCC(=O)OCCCOC(=O)c1ccnc(CNCC(=O)NC(C)CCN(C)C)c1. The predicted octanol–water partition coefficient (Wildman–Crippen LogP) is 6.20. The van der Waals surface area contributed by atoms with Gasteiger partial charge in [-0.1, -0.05) is 84.0 Å². The van der Waals surface area contributed by atoms with Gasteiger partial charge in [0.15, 0.2) is 0 Å². The Morgan fingerprint density at radius 2 is 1.47 bits per heavy atom. The molecular weight excluding hydrogens is 544 g/mol. The molecule has 0 bridgehead atoms. The summed E-state index contributed by atoms with van der Waals surface area (Å²) in [5.74, 6) is -0.710. The van der Waals surface area contributed by atoms with E-state index < -0.39 is 5.97 Å². The highest BCUT2D eigenvalue weighted by atomic mass is 16.5. The van der Waals surface area contributed by atoms with Gasteiger partial charge >= 0.3 is 11.9 Å². The number of nitrogens with one attached hydrogen (secondary N) is 2. The molecule has 0 spiro atoms. The van der Waals surface area contributed by atoms with Crippen molar-refractivity contribution < 1.29 is 23.9 Å². The summed E-state index contributed by atoms with van der Waals surface area (Å²) < 4.78 is 10.6. The second-order valence-electron chi connectivity index (χ2n) is 11.9. The Hall–Kier alpha value is -2.52. The van der Waals surface area contributed by atoms with E-state index in [9.17, 15) is 14.4 Å². The number of unbranched alkanes of at least 4 members (excludes halogenated alkanes) is 12. The van der Waals surface area contributed by atoms with Crippen molar-refractivity contribution in [2.45, 2.75) is 129 Å². The van der Waals surface area contributed by atoms with Gasteiger partial charge in [-0.05, 0) is 52.5 Å². The highest BCUT2D eigenvalue weighted by molar-refractivity contribution is 5.89. The zero-order chi connectivity index (χ0) is 31.5. The van der Waals surface area contributed by atoms with Crippen molar-refractivity contribution in [1.29, 1.82) is 0 Å². The van der Waals surface area contributed by atoms with Crippen LogP contribution in [0.3, 0.4) is 0 Å². The smallest absolute Gasteiger partial charge is 0.338 e. The molecular formula is C34H60N4O5. The number of ether oxygens (including phenoxy) is 2. The van der Waals surface area contributed by atoms with E-state index in [-0.39, 0.29) is 37.7 Å². The van der Waals surface area contributed by atoms with Gasteiger partial charge in [0.1, 0.15) is 0 Å². The maximum atomic E-state index is 12.4. The lowest BCUT2D eigenvalue weighted by Crippen LogP contribution is -2.40. The molecule has 0 aliphatic rings. The lowest BCUT2D eigenvalue weighted by atomic mass is 10.0. The van der Waals surface area contributed by atoms with Crippen LogP contribution in [-0.2, 0) is 25.6 Å². The number of rotatable bonds is 27. The first-order valence-corrected chi connectivity index (χ1v) is 16.7. The summed E-state index contributed by atoms with van der Waals surface area (Å²) in [5.41, 5.74) is 1.04. The van der Waals surface area contributed by atoms with E-state index in [4.69, 9.17) is 9.47 Å². The Bertz CT molecular complexity index is 880. The molecule has 1 amide bonds. The summed E-state index contributed by atoms with van der Waals surface area (Å²) >= 11 is 0. The van der Waals surface area contributed by atoms with Crippen LogP contribution in [0.2, 0.25) is 0 Å². The van der Waals surface area contributed by atoms with E-state index in [2.05, 4.69) is 27.4 Å². The summed E-state index contributed by atoms with van der Waals surface area (Å²) in [7, 11) is 4.01. The van der Waals surface area contributed by atoms with E-state index in [1.54, 1.807) is 18.3 Å². The standard InChI is InChI=1S/C34H60N4O5/c1-5-6-7-8-9-10-11-12-13-14-15-16-17-19-33(40)42-24-18-25-43-34(41)30-20-22-36-31(26-30)27-35-28-32(39)37-29(2)21-23-38(3)4/h20,22,26,29,35H,5-19,21,23-25,27-28H2,1-4H3,(H,37,39). The molecule has 9 nitrogen and oxygen atoms in total. The maximum absolute atomic E-state index is 12.4. The van der Waals surface area contributed by atoms with Crippen molar-refractivity contribution in [3.8, 4) is 0 Å². The van der Waals surface area contributed by atoms with Gasteiger partial charge < -0.3 is 25.0 Å². The quantitative estimate of drug-likeness (QED) is 0.0903. The number of carbonyl (C=O) groups is 3. The molecule has 1 atom stereocenters. The monoisotopic (exact) mass is 604 g/mol. The average Bonchev–Trinajstić information content (AvgIpc) is 2.98. The third kappa shape index (κ3) is 22.7. The van der Waals surface area contributed by atoms with Crippen molar-refractivity contribution in [2.75, 3.05) is 40.4 Å². The predicted molar refractivity (Wildman–Crippen MR) is 173 cm³/mol. The molecule has 0 aliphatic carbocycles. The third-order valence-electron chi connectivity index (χ3n) is 7.33. The summed E-state index contributed by atoms with van der Waals surface area (Å²) in [4.78, 5) is 42.8. The number of aromatic nitrogens is 1. The van der Waals surface area contributed by atoms with Crippen molar-refractivity contribution in [3.05, 3.63) is 29.6 Å². The molecule has 0 aromatic carbocycles. The Kier molecular flexibility index (Phi) is 23.2. The van der Waals surface area contributed by atoms with E-state index in [0.717, 1.165) is 25.8 Å². The van der Waals surface area contributed by atoms with Gasteiger partial charge in [0.25, 0.3) is 0 Å². The van der Waals surface area contributed by atoms with Crippen LogP contribution in [0.5, 0.6) is 0 Å². The van der Waals surface area contributed by atoms with Gasteiger partial charge in [-0.3, -0.25) is 14.6 Å². The fourth-order valence-electron chi connectivity index (χ4n) is 4.71. The minimum atomic E-state index is -0.450. The normalized spacial score (nSPS) is 11.8. The molecule has 1 aromatic heterocycles. The van der Waals surface area contributed by atoms with Gasteiger partial charge in [0, 0.05) is 31.6 Å². The number of carbonyl (C=O) groups excluding carboxylic acids is 3. The summed E-state index contributed by atoms with van der Waals surface area (Å²) in [6.07, 6.45) is 19.9. The van der Waals surface area contributed by atoms with Gasteiger partial charge in [0.05, 0.1) is 31.0 Å². The first-order valence-electron chi connectivity index (χ1n) is 16.7. The minimum absolute atomic E-state index is 0.0770. The fraction of sp³-hybridized carbons (Fsp3) is 0.765. The summed E-state index contributed by atoms with van der Waals surface area (Å²) in [6, 6.07) is 3.35. The Morgan fingerprint density at radius 3 is 2.09 bits per heavy atom. The Morgan fingerprint density at radius 1 is 0.860 bits per heavy atom. The highest BCUT2D eigenvalue weighted by Crippen LogP contribution is 2.13. The molecule has 0 radical (unpaired) electrons. The van der Waals surface area contributed by atoms with Crippen molar-refractivity contribution in [2.24, 2.45) is 0 Å². The molecule has 2 N–H and O–H groups in total. The van der Waals surface area contributed by atoms with Crippen molar-refractivity contribution in [3.63, 3.8) is 0 Å². The first kappa shape index (κ1) is 38.5. The van der Waals surface area contributed by atoms with Crippen LogP contribution in [0.15, 0.2) is 18.3 Å². The third-order valence-corrected chi connectivity index (χ3v) is 7.33. The molecule has 43 heavy (non-hydrogen) atoms. The Balaban J connectivity index is 2.05. The first-order chi connectivity index (χ1) is 20.8. The lowest BCUT2D eigenvalue weighted by Gasteiger charge is -2.16. The van der Waals surface area contributed by atoms with Crippen LogP contribution in [0.4, 0.5) is 0 Å². The molecule has 0 saturated heterocycles. The van der Waals surface area contributed by atoms with Crippen LogP contribution in [0, 0.1) is 0 Å². The minimum Gasteiger partial charge on any atom is -0.466 e. The van der Waals surface area contributed by atoms with Crippen LogP contribution < -0.4 is 10.6 Å². The van der Waals surface area contributed by atoms with Gasteiger partial charge in [-0.2, -0.15) is 0 Å². The van der Waals surface area contributed by atoms with Crippen LogP contribution >= 0.6 is 0 Å². The zero-order valence-corrected chi connectivity index (χ0v) is 27.6. The van der Waals surface area contributed by atoms with Crippen molar-refractivity contribution in [1.82, 2.24) is 20.5 Å². The Labute approximate surface area is 261 Å². The average molecular weight is 605 g/mol. The van der Waals surface area contributed by atoms with Gasteiger partial charge in [-0.25, -0.2) is 4.79 Å². The number of nitrogens with zero attached hydrogens (tertiary/aromatic N) is 2. The second kappa shape index (κ2) is 25.9. The van der Waals surface area contributed by atoms with Gasteiger partial charge in [-0.15, -0.1) is 0 Å². The molecule has 0 aliphatic heterocycles. The number of esters is 2. The van der Waals surface area contributed by atoms with Crippen LogP contribution in [0.1, 0.15) is 133 Å². The summed E-state index contributed by atoms with van der Waals surface area (Å²) in [5, 5.41) is 6.03. The zero-order valence-electron chi connectivity index (χ0n) is 27.6. The van der Waals surface area contributed by atoms with E-state index in [1.807, 2.05) is 21.0 Å². The second-order valence-corrected chi connectivity index (χ2v) is 11.9. The number of amides is 1. The fourth-order valence-corrected chi connectivity index (χ4v) is 4.71. The molecule has 1 rings (SSSR count). The van der Waals surface area contributed by atoms with E-state index in [1.165, 1.54) is 70.6 Å².